The smallest absolute Gasteiger partial charge is 0.127 e. The van der Waals surface area contributed by atoms with Gasteiger partial charge in [-0.3, -0.25) is 0 Å². The summed E-state index contributed by atoms with van der Waals surface area (Å²) in [6.07, 6.45) is 7.34. The maximum absolute atomic E-state index is 11.7. The maximum Gasteiger partial charge on any atom is 0.127 e. The van der Waals surface area contributed by atoms with Crippen LogP contribution in [0.1, 0.15) is 59.8 Å². The van der Waals surface area contributed by atoms with Gasteiger partial charge in [0.05, 0.1) is 0 Å². The van der Waals surface area contributed by atoms with E-state index in [1.165, 1.54) is 38.6 Å². The zero-order valence-electron chi connectivity index (χ0n) is 13.2. The summed E-state index contributed by atoms with van der Waals surface area (Å²) >= 11 is 0. The highest BCUT2D eigenvalue weighted by Crippen LogP contribution is 2.40. The fraction of sp³-hybridized carbons (Fsp3) is 0.941. The third-order valence-corrected chi connectivity index (χ3v) is 5.41. The van der Waals surface area contributed by atoms with E-state index >= 15 is 0 Å². The highest BCUT2D eigenvalue weighted by molar-refractivity contribution is 5.60. The molecule has 2 rings (SSSR count). The standard InChI is InChI=1S/C17H31NO/c1-14-6-5-8-17(10-14,13-19)12-18-9-7-15(11-18)16(2,3)4/h13-15H,5-12H2,1-4H3. The van der Waals surface area contributed by atoms with Gasteiger partial charge in [0.25, 0.3) is 0 Å². The normalized spacial score (nSPS) is 37.5. The number of likely N-dealkylation sites (tertiary alicyclic amines) is 1. The van der Waals surface area contributed by atoms with E-state index in [0.717, 1.165) is 31.2 Å². The molecule has 0 spiro atoms. The van der Waals surface area contributed by atoms with Gasteiger partial charge < -0.3 is 9.69 Å². The lowest BCUT2D eigenvalue weighted by Crippen LogP contribution is -2.41. The predicted octanol–water partition coefficient (Wildman–Crippen LogP) is 3.75. The molecule has 2 aliphatic rings. The number of hydrogen-bond donors (Lipinski definition) is 0. The second-order valence-corrected chi connectivity index (χ2v) is 8.27. The summed E-state index contributed by atoms with van der Waals surface area (Å²) < 4.78 is 0. The van der Waals surface area contributed by atoms with Gasteiger partial charge in [-0.1, -0.05) is 40.5 Å². The lowest BCUT2D eigenvalue weighted by molar-refractivity contribution is -0.119. The van der Waals surface area contributed by atoms with E-state index in [4.69, 9.17) is 0 Å². The Kier molecular flexibility index (Phi) is 4.39. The van der Waals surface area contributed by atoms with Gasteiger partial charge in [0, 0.05) is 18.5 Å². The maximum atomic E-state index is 11.7. The van der Waals surface area contributed by atoms with Crippen LogP contribution in [0.2, 0.25) is 0 Å². The SMILES string of the molecule is CC1CCCC(C=O)(CN2CCC(C(C)(C)C)C2)C1. The summed E-state index contributed by atoms with van der Waals surface area (Å²) in [6.45, 7) is 12.7. The molecule has 2 fully saturated rings. The Morgan fingerprint density at radius 2 is 2.05 bits per heavy atom. The van der Waals surface area contributed by atoms with Gasteiger partial charge in [0.1, 0.15) is 6.29 Å². The van der Waals surface area contributed by atoms with E-state index in [-0.39, 0.29) is 5.41 Å². The summed E-state index contributed by atoms with van der Waals surface area (Å²) in [5.74, 6) is 1.51. The van der Waals surface area contributed by atoms with Crippen LogP contribution in [-0.4, -0.2) is 30.8 Å². The van der Waals surface area contributed by atoms with E-state index < -0.39 is 0 Å². The molecule has 110 valence electrons. The van der Waals surface area contributed by atoms with Crippen molar-refractivity contribution in [2.45, 2.75) is 59.8 Å². The van der Waals surface area contributed by atoms with Gasteiger partial charge in [-0.15, -0.1) is 0 Å². The Labute approximate surface area is 118 Å². The topological polar surface area (TPSA) is 20.3 Å². The Balaban J connectivity index is 1.95. The molecule has 0 aromatic heterocycles. The molecule has 1 saturated heterocycles. The van der Waals surface area contributed by atoms with Crippen LogP contribution in [0.4, 0.5) is 0 Å². The van der Waals surface area contributed by atoms with E-state index in [1.54, 1.807) is 0 Å². The fourth-order valence-electron chi connectivity index (χ4n) is 4.12. The minimum absolute atomic E-state index is 0.0373. The van der Waals surface area contributed by atoms with Crippen molar-refractivity contribution in [3.8, 4) is 0 Å². The summed E-state index contributed by atoms with van der Waals surface area (Å²) in [5, 5.41) is 0. The molecule has 0 aromatic carbocycles. The first-order valence-electron chi connectivity index (χ1n) is 8.03. The molecule has 1 heterocycles. The summed E-state index contributed by atoms with van der Waals surface area (Å²) in [6, 6.07) is 0. The minimum Gasteiger partial charge on any atom is -0.303 e. The number of aldehydes is 1. The lowest BCUT2D eigenvalue weighted by Gasteiger charge is -2.38. The van der Waals surface area contributed by atoms with Crippen LogP contribution >= 0.6 is 0 Å². The molecule has 0 amide bonds. The fourth-order valence-corrected chi connectivity index (χ4v) is 4.12. The molecule has 19 heavy (non-hydrogen) atoms. The van der Waals surface area contributed by atoms with Gasteiger partial charge in [-0.25, -0.2) is 0 Å². The van der Waals surface area contributed by atoms with Crippen molar-refractivity contribution in [2.75, 3.05) is 19.6 Å². The zero-order chi connectivity index (χ0) is 14.1. The van der Waals surface area contributed by atoms with Crippen molar-refractivity contribution >= 4 is 6.29 Å². The van der Waals surface area contributed by atoms with Crippen molar-refractivity contribution in [2.24, 2.45) is 22.7 Å². The molecule has 1 aliphatic carbocycles. The number of rotatable bonds is 3. The second kappa shape index (κ2) is 5.55. The van der Waals surface area contributed by atoms with Crippen molar-refractivity contribution in [1.29, 1.82) is 0 Å². The van der Waals surface area contributed by atoms with E-state index in [0.29, 0.717) is 5.41 Å². The molecule has 0 N–H and O–H groups in total. The van der Waals surface area contributed by atoms with Gasteiger partial charge in [-0.05, 0) is 43.1 Å². The van der Waals surface area contributed by atoms with Gasteiger partial charge in [-0.2, -0.15) is 0 Å². The molecule has 0 bridgehead atoms. The molecule has 0 radical (unpaired) electrons. The highest BCUT2D eigenvalue weighted by Gasteiger charge is 2.39. The number of carbonyl (C=O) groups is 1. The van der Waals surface area contributed by atoms with E-state index in [1.807, 2.05) is 0 Å². The zero-order valence-corrected chi connectivity index (χ0v) is 13.2. The molecule has 3 unspecified atom stereocenters. The summed E-state index contributed by atoms with van der Waals surface area (Å²) in [5.41, 5.74) is 0.368. The van der Waals surface area contributed by atoms with Crippen molar-refractivity contribution in [3.63, 3.8) is 0 Å². The van der Waals surface area contributed by atoms with Crippen molar-refractivity contribution < 1.29 is 4.79 Å². The van der Waals surface area contributed by atoms with Gasteiger partial charge >= 0.3 is 0 Å². The van der Waals surface area contributed by atoms with Gasteiger partial charge in [0.2, 0.25) is 0 Å². The van der Waals surface area contributed by atoms with Crippen LogP contribution in [0.3, 0.4) is 0 Å². The first kappa shape index (κ1) is 15.0. The Bertz CT molecular complexity index is 320. The third-order valence-electron chi connectivity index (χ3n) is 5.41. The van der Waals surface area contributed by atoms with Crippen LogP contribution < -0.4 is 0 Å². The molecule has 1 saturated carbocycles. The largest absolute Gasteiger partial charge is 0.303 e. The van der Waals surface area contributed by atoms with Crippen LogP contribution in [-0.2, 0) is 4.79 Å². The quantitative estimate of drug-likeness (QED) is 0.724. The average Bonchev–Trinajstić information content (AvgIpc) is 2.77. The molecular weight excluding hydrogens is 234 g/mol. The Morgan fingerprint density at radius 3 is 2.58 bits per heavy atom. The highest BCUT2D eigenvalue weighted by atomic mass is 16.1. The molecule has 1 aliphatic heterocycles. The number of nitrogens with zero attached hydrogens (tertiary/aromatic N) is 1. The average molecular weight is 265 g/mol. The second-order valence-electron chi connectivity index (χ2n) is 8.27. The molecule has 2 heteroatoms. The molecule has 2 nitrogen and oxygen atoms in total. The lowest BCUT2D eigenvalue weighted by atomic mass is 9.70. The Morgan fingerprint density at radius 1 is 1.32 bits per heavy atom. The van der Waals surface area contributed by atoms with Crippen LogP contribution in [0.15, 0.2) is 0 Å². The van der Waals surface area contributed by atoms with Gasteiger partial charge in [0.15, 0.2) is 0 Å². The number of carbonyl (C=O) groups excluding carboxylic acids is 1. The molecular formula is C17H31NO. The summed E-state index contributed by atoms with van der Waals surface area (Å²) in [7, 11) is 0. The minimum atomic E-state index is -0.0373. The monoisotopic (exact) mass is 265 g/mol. The van der Waals surface area contributed by atoms with E-state index in [9.17, 15) is 4.79 Å². The Hall–Kier alpha value is -0.370. The predicted molar refractivity (Wildman–Crippen MR) is 80.1 cm³/mol. The summed E-state index contributed by atoms with van der Waals surface area (Å²) in [4.78, 5) is 14.2. The molecule has 0 aromatic rings. The third kappa shape index (κ3) is 3.59. The number of hydrogen-bond acceptors (Lipinski definition) is 2. The van der Waals surface area contributed by atoms with Crippen molar-refractivity contribution in [1.82, 2.24) is 4.90 Å². The van der Waals surface area contributed by atoms with Crippen LogP contribution in [0.25, 0.3) is 0 Å². The van der Waals surface area contributed by atoms with E-state index in [2.05, 4.69) is 32.6 Å². The molecule has 3 atom stereocenters. The first-order chi connectivity index (χ1) is 8.85. The van der Waals surface area contributed by atoms with Crippen LogP contribution in [0.5, 0.6) is 0 Å². The van der Waals surface area contributed by atoms with Crippen LogP contribution in [0, 0.1) is 22.7 Å². The first-order valence-corrected chi connectivity index (χ1v) is 8.03. The van der Waals surface area contributed by atoms with Crippen molar-refractivity contribution in [3.05, 3.63) is 0 Å².